The van der Waals surface area contributed by atoms with Crippen LogP contribution in [0.5, 0.6) is 0 Å². The first kappa shape index (κ1) is 15.8. The summed E-state index contributed by atoms with van der Waals surface area (Å²) in [6.45, 7) is 1.82. The number of hydrogen-bond acceptors (Lipinski definition) is 5. The van der Waals surface area contributed by atoms with E-state index in [1.807, 2.05) is 6.92 Å². The van der Waals surface area contributed by atoms with Crippen molar-refractivity contribution in [3.05, 3.63) is 29.3 Å². The lowest BCUT2D eigenvalue weighted by Crippen LogP contribution is -2.22. The lowest BCUT2D eigenvalue weighted by atomic mass is 10.1. The minimum atomic E-state index is -3.29. The zero-order chi connectivity index (χ0) is 15.7. The largest absolute Gasteiger partial charge is 0.469 e. The van der Waals surface area contributed by atoms with Crippen LogP contribution in [0.25, 0.3) is 0 Å². The van der Waals surface area contributed by atoms with Crippen molar-refractivity contribution in [1.29, 1.82) is 0 Å². The third-order valence-corrected chi connectivity index (χ3v) is 5.90. The fraction of sp³-hybridized carbons (Fsp3) is 0.533. The Morgan fingerprint density at radius 3 is 2.62 bits per heavy atom. The quantitative estimate of drug-likeness (QED) is 0.640. The van der Waals surface area contributed by atoms with Crippen molar-refractivity contribution in [2.45, 2.75) is 31.9 Å². The molecule has 0 heterocycles. The molecule has 1 saturated carbocycles. The second-order valence-corrected chi connectivity index (χ2v) is 7.98. The molecule has 5 nitrogen and oxygen atoms in total. The standard InChI is InChI=1S/C15H21NO4S/c1-11-12(4-3-5-13(11)16)9-21(18,19)10-15(6-7-15)8-14(17)20-2/h3-5H,6-10,16H2,1-2H3. The maximum atomic E-state index is 12.4. The molecule has 116 valence electrons. The van der Waals surface area contributed by atoms with Gasteiger partial charge in [0.25, 0.3) is 0 Å². The predicted octanol–water partition coefficient (Wildman–Crippen LogP) is 1.84. The van der Waals surface area contributed by atoms with E-state index in [4.69, 9.17) is 5.73 Å². The van der Waals surface area contributed by atoms with E-state index < -0.39 is 15.3 Å². The molecule has 2 rings (SSSR count). The molecule has 0 aromatic heterocycles. The third kappa shape index (κ3) is 3.97. The Hall–Kier alpha value is -1.56. The maximum Gasteiger partial charge on any atom is 0.306 e. The number of ether oxygens (including phenoxy) is 1. The van der Waals surface area contributed by atoms with Crippen LogP contribution in [0.15, 0.2) is 18.2 Å². The molecule has 2 N–H and O–H groups in total. The van der Waals surface area contributed by atoms with E-state index >= 15 is 0 Å². The van der Waals surface area contributed by atoms with Gasteiger partial charge in [0.1, 0.15) is 0 Å². The number of benzene rings is 1. The number of sulfone groups is 1. The number of carbonyl (C=O) groups is 1. The number of esters is 1. The van der Waals surface area contributed by atoms with Crippen LogP contribution in [0.1, 0.15) is 30.4 Å². The van der Waals surface area contributed by atoms with E-state index in [0.717, 1.165) is 24.0 Å². The Morgan fingerprint density at radius 2 is 2.05 bits per heavy atom. The third-order valence-electron chi connectivity index (χ3n) is 4.09. The van der Waals surface area contributed by atoms with E-state index in [0.29, 0.717) is 5.69 Å². The fourth-order valence-electron chi connectivity index (χ4n) is 2.54. The molecule has 0 spiro atoms. The number of carbonyl (C=O) groups excluding carboxylic acids is 1. The zero-order valence-electron chi connectivity index (χ0n) is 12.4. The lowest BCUT2D eigenvalue weighted by Gasteiger charge is -2.15. The average molecular weight is 311 g/mol. The van der Waals surface area contributed by atoms with Gasteiger partial charge in [-0.1, -0.05) is 12.1 Å². The summed E-state index contributed by atoms with van der Waals surface area (Å²) in [5, 5.41) is 0. The van der Waals surface area contributed by atoms with Crippen molar-refractivity contribution in [3.8, 4) is 0 Å². The van der Waals surface area contributed by atoms with Crippen LogP contribution >= 0.6 is 0 Å². The van der Waals surface area contributed by atoms with Gasteiger partial charge in [0.2, 0.25) is 0 Å². The topological polar surface area (TPSA) is 86.5 Å². The molecule has 1 aromatic carbocycles. The van der Waals surface area contributed by atoms with Crippen LogP contribution in [0.2, 0.25) is 0 Å². The number of methoxy groups -OCH3 is 1. The Morgan fingerprint density at radius 1 is 1.38 bits per heavy atom. The summed E-state index contributed by atoms with van der Waals surface area (Å²) in [7, 11) is -1.96. The van der Waals surface area contributed by atoms with E-state index in [2.05, 4.69) is 4.74 Å². The summed E-state index contributed by atoms with van der Waals surface area (Å²) in [4.78, 5) is 11.4. The van der Waals surface area contributed by atoms with Gasteiger partial charge < -0.3 is 10.5 Å². The van der Waals surface area contributed by atoms with Crippen molar-refractivity contribution < 1.29 is 17.9 Å². The summed E-state index contributed by atoms with van der Waals surface area (Å²) in [6.07, 6.45) is 1.70. The van der Waals surface area contributed by atoms with Crippen molar-refractivity contribution in [2.75, 3.05) is 18.6 Å². The summed E-state index contributed by atoms with van der Waals surface area (Å²) in [5.41, 5.74) is 7.52. The fourth-order valence-corrected chi connectivity index (χ4v) is 4.75. The molecule has 1 fully saturated rings. The highest BCUT2D eigenvalue weighted by Gasteiger charge is 2.47. The highest BCUT2D eigenvalue weighted by Crippen LogP contribution is 2.50. The van der Waals surface area contributed by atoms with Gasteiger partial charge in [-0.25, -0.2) is 8.42 Å². The number of hydrogen-bond donors (Lipinski definition) is 1. The first-order chi connectivity index (χ1) is 9.77. The van der Waals surface area contributed by atoms with Gasteiger partial charge >= 0.3 is 5.97 Å². The molecule has 21 heavy (non-hydrogen) atoms. The maximum absolute atomic E-state index is 12.4. The predicted molar refractivity (Wildman–Crippen MR) is 81.4 cm³/mol. The van der Waals surface area contributed by atoms with Gasteiger partial charge in [0, 0.05) is 5.69 Å². The van der Waals surface area contributed by atoms with E-state index in [1.165, 1.54) is 7.11 Å². The second kappa shape index (κ2) is 5.67. The zero-order valence-corrected chi connectivity index (χ0v) is 13.2. The number of rotatable bonds is 6. The molecule has 6 heteroatoms. The monoisotopic (exact) mass is 311 g/mol. The van der Waals surface area contributed by atoms with E-state index in [-0.39, 0.29) is 23.9 Å². The molecule has 0 radical (unpaired) electrons. The smallest absolute Gasteiger partial charge is 0.306 e. The van der Waals surface area contributed by atoms with Crippen LogP contribution in [-0.4, -0.2) is 27.2 Å². The Balaban J connectivity index is 2.09. The van der Waals surface area contributed by atoms with Crippen molar-refractivity contribution in [1.82, 2.24) is 0 Å². The molecule has 0 atom stereocenters. The van der Waals surface area contributed by atoms with Gasteiger partial charge in [-0.2, -0.15) is 0 Å². The number of nitrogens with two attached hydrogens (primary N) is 1. The SMILES string of the molecule is COC(=O)CC1(CS(=O)(=O)Cc2cccc(N)c2C)CC1. The summed E-state index contributed by atoms with van der Waals surface area (Å²) < 4.78 is 29.4. The summed E-state index contributed by atoms with van der Waals surface area (Å²) in [5.74, 6) is -0.348. The number of anilines is 1. The normalized spacial score (nSPS) is 16.5. The minimum absolute atomic E-state index is 0.0311. The summed E-state index contributed by atoms with van der Waals surface area (Å²) in [6, 6.07) is 5.29. The molecule has 0 unspecified atom stereocenters. The van der Waals surface area contributed by atoms with Gasteiger partial charge in [0.15, 0.2) is 9.84 Å². The molecule has 1 aromatic rings. The first-order valence-electron chi connectivity index (χ1n) is 6.88. The molecule has 0 aliphatic heterocycles. The highest BCUT2D eigenvalue weighted by atomic mass is 32.2. The Kier molecular flexibility index (Phi) is 4.27. The van der Waals surface area contributed by atoms with E-state index in [9.17, 15) is 13.2 Å². The van der Waals surface area contributed by atoms with Crippen molar-refractivity contribution in [2.24, 2.45) is 5.41 Å². The second-order valence-electron chi connectivity index (χ2n) is 5.92. The first-order valence-corrected chi connectivity index (χ1v) is 8.70. The summed E-state index contributed by atoms with van der Waals surface area (Å²) >= 11 is 0. The van der Waals surface area contributed by atoms with Crippen molar-refractivity contribution in [3.63, 3.8) is 0 Å². The number of nitrogen functional groups attached to an aromatic ring is 1. The van der Waals surface area contributed by atoms with Gasteiger partial charge in [-0.3, -0.25) is 4.79 Å². The lowest BCUT2D eigenvalue weighted by molar-refractivity contribution is -0.141. The van der Waals surface area contributed by atoms with Gasteiger partial charge in [-0.15, -0.1) is 0 Å². The van der Waals surface area contributed by atoms with Crippen molar-refractivity contribution >= 4 is 21.5 Å². The molecule has 1 aliphatic rings. The van der Waals surface area contributed by atoms with Crippen LogP contribution < -0.4 is 5.73 Å². The van der Waals surface area contributed by atoms with Gasteiger partial charge in [-0.05, 0) is 42.4 Å². The van der Waals surface area contributed by atoms with E-state index in [1.54, 1.807) is 18.2 Å². The van der Waals surface area contributed by atoms with Crippen LogP contribution in [0.3, 0.4) is 0 Å². The Bertz CT molecular complexity index is 648. The molecule has 1 aliphatic carbocycles. The van der Waals surface area contributed by atoms with Crippen LogP contribution in [-0.2, 0) is 25.1 Å². The molecule has 0 saturated heterocycles. The minimum Gasteiger partial charge on any atom is -0.469 e. The highest BCUT2D eigenvalue weighted by molar-refractivity contribution is 7.90. The molecule has 0 amide bonds. The van der Waals surface area contributed by atoms with Crippen LogP contribution in [0.4, 0.5) is 5.69 Å². The molecule has 0 bridgehead atoms. The van der Waals surface area contributed by atoms with Gasteiger partial charge in [0.05, 0.1) is 25.0 Å². The molecular weight excluding hydrogens is 290 g/mol. The average Bonchev–Trinajstić information content (AvgIpc) is 3.13. The van der Waals surface area contributed by atoms with Crippen LogP contribution in [0, 0.1) is 12.3 Å². The molecular formula is C15H21NO4S. The Labute approximate surface area is 125 Å².